The van der Waals surface area contributed by atoms with Crippen molar-refractivity contribution in [2.75, 3.05) is 6.61 Å². The molecule has 1 aromatic carbocycles. The smallest absolute Gasteiger partial charge is 0.416 e. The predicted molar refractivity (Wildman–Crippen MR) is 69.2 cm³/mol. The second kappa shape index (κ2) is 6.41. The van der Waals surface area contributed by atoms with Crippen molar-refractivity contribution in [3.05, 3.63) is 34.9 Å². The quantitative estimate of drug-likeness (QED) is 0.615. The van der Waals surface area contributed by atoms with Gasteiger partial charge in [-0.25, -0.2) is 0 Å². The molecule has 0 heterocycles. The Kier molecular flexibility index (Phi) is 5.40. The molecule has 1 unspecified atom stereocenters. The molecular formula is C13H14BrF3O2. The van der Waals surface area contributed by atoms with Crippen LogP contribution < -0.4 is 0 Å². The maximum atomic E-state index is 12.7. The summed E-state index contributed by atoms with van der Waals surface area (Å²) in [5, 5.41) is 0. The molecule has 2 nitrogen and oxygen atoms in total. The van der Waals surface area contributed by atoms with Crippen LogP contribution in [0.25, 0.3) is 0 Å². The fraction of sp³-hybridized carbons (Fsp3) is 0.462. The Balaban J connectivity index is 2.89. The zero-order valence-electron chi connectivity index (χ0n) is 10.6. The number of benzene rings is 1. The molecule has 1 atom stereocenters. The van der Waals surface area contributed by atoms with Crippen molar-refractivity contribution in [2.45, 2.75) is 31.3 Å². The van der Waals surface area contributed by atoms with Gasteiger partial charge in [0.2, 0.25) is 0 Å². The summed E-state index contributed by atoms with van der Waals surface area (Å²) < 4.78 is 43.0. The molecule has 106 valence electrons. The van der Waals surface area contributed by atoms with Gasteiger partial charge in [0, 0.05) is 0 Å². The van der Waals surface area contributed by atoms with E-state index >= 15 is 0 Å². The van der Waals surface area contributed by atoms with Crippen LogP contribution in [0.15, 0.2) is 18.2 Å². The van der Waals surface area contributed by atoms with E-state index in [1.807, 2.05) is 0 Å². The zero-order chi connectivity index (χ0) is 14.6. The van der Waals surface area contributed by atoms with E-state index in [0.717, 1.165) is 6.07 Å². The molecule has 0 aromatic heterocycles. The van der Waals surface area contributed by atoms with Crippen molar-refractivity contribution in [2.24, 2.45) is 0 Å². The highest BCUT2D eigenvalue weighted by atomic mass is 79.9. The summed E-state index contributed by atoms with van der Waals surface area (Å²) in [5.41, 5.74) is -0.0695. The lowest BCUT2D eigenvalue weighted by atomic mass is 10.0. The van der Waals surface area contributed by atoms with Crippen molar-refractivity contribution < 1.29 is 22.7 Å². The minimum atomic E-state index is -4.38. The van der Waals surface area contributed by atoms with E-state index < -0.39 is 22.5 Å². The summed E-state index contributed by atoms with van der Waals surface area (Å²) in [4.78, 5) is 10.8. The zero-order valence-corrected chi connectivity index (χ0v) is 12.1. The highest BCUT2D eigenvalue weighted by Gasteiger charge is 2.32. The van der Waals surface area contributed by atoms with Crippen LogP contribution in [0.2, 0.25) is 0 Å². The summed E-state index contributed by atoms with van der Waals surface area (Å²) in [5.74, 6) is -0.475. The van der Waals surface area contributed by atoms with E-state index in [1.165, 1.54) is 13.0 Å². The Morgan fingerprint density at radius 3 is 2.58 bits per heavy atom. The third kappa shape index (κ3) is 4.53. The van der Waals surface area contributed by atoms with Gasteiger partial charge in [0.25, 0.3) is 0 Å². The Labute approximate surface area is 118 Å². The summed E-state index contributed by atoms with van der Waals surface area (Å²) in [6.07, 6.45) is -4.23. The number of rotatable bonds is 4. The first-order valence-electron chi connectivity index (χ1n) is 5.73. The number of carbonyl (C=O) groups excluding carboxylic acids is 1. The minimum Gasteiger partial charge on any atom is -0.465 e. The Morgan fingerprint density at radius 2 is 2.05 bits per heavy atom. The third-order valence-corrected chi connectivity index (χ3v) is 3.26. The predicted octanol–water partition coefficient (Wildman–Crippen LogP) is 3.88. The molecule has 0 spiro atoms. The number of ether oxygens (including phenoxy) is 1. The molecule has 0 aliphatic carbocycles. The van der Waals surface area contributed by atoms with Gasteiger partial charge >= 0.3 is 12.1 Å². The van der Waals surface area contributed by atoms with Crippen LogP contribution >= 0.6 is 15.9 Å². The average Bonchev–Trinajstić information content (AvgIpc) is 2.30. The Bertz CT molecular complexity index is 458. The van der Waals surface area contributed by atoms with Crippen LogP contribution in [0.3, 0.4) is 0 Å². The van der Waals surface area contributed by atoms with Gasteiger partial charge in [-0.2, -0.15) is 13.2 Å². The van der Waals surface area contributed by atoms with Gasteiger partial charge in [-0.3, -0.25) is 4.79 Å². The lowest BCUT2D eigenvalue weighted by Crippen LogP contribution is -2.20. The summed E-state index contributed by atoms with van der Waals surface area (Å²) in [6.45, 7) is 3.32. The summed E-state index contributed by atoms with van der Waals surface area (Å²) in [6, 6.07) is 4.06. The highest BCUT2D eigenvalue weighted by molar-refractivity contribution is 9.10. The van der Waals surface area contributed by atoms with Crippen molar-refractivity contribution in [3.8, 4) is 0 Å². The van der Waals surface area contributed by atoms with Crippen molar-refractivity contribution in [1.29, 1.82) is 0 Å². The van der Waals surface area contributed by atoms with E-state index in [0.29, 0.717) is 5.56 Å². The molecule has 0 N–H and O–H groups in total. The highest BCUT2D eigenvalue weighted by Crippen LogP contribution is 2.32. The first-order chi connectivity index (χ1) is 8.75. The first-order valence-corrected chi connectivity index (χ1v) is 6.64. The molecule has 6 heteroatoms. The fourth-order valence-electron chi connectivity index (χ4n) is 1.62. The second-order valence-electron chi connectivity index (χ2n) is 4.07. The Hall–Kier alpha value is -1.04. The maximum absolute atomic E-state index is 12.7. The van der Waals surface area contributed by atoms with Crippen LogP contribution in [-0.4, -0.2) is 17.4 Å². The van der Waals surface area contributed by atoms with Gasteiger partial charge in [-0.15, -0.1) is 0 Å². The molecule has 0 radical (unpaired) electrons. The molecule has 0 aliphatic rings. The normalized spacial score (nSPS) is 13.2. The average molecular weight is 339 g/mol. The molecule has 0 bridgehead atoms. The number of aryl methyl sites for hydroxylation is 1. The van der Waals surface area contributed by atoms with E-state index in [2.05, 4.69) is 15.9 Å². The number of carbonyl (C=O) groups is 1. The number of alkyl halides is 4. The molecular weight excluding hydrogens is 325 g/mol. The second-order valence-corrected chi connectivity index (χ2v) is 5.18. The first kappa shape index (κ1) is 16.0. The van der Waals surface area contributed by atoms with Crippen LogP contribution in [0.5, 0.6) is 0 Å². The van der Waals surface area contributed by atoms with Crippen LogP contribution in [0, 0.1) is 6.92 Å². The third-order valence-electron chi connectivity index (χ3n) is 2.56. The number of hydrogen-bond donors (Lipinski definition) is 0. The molecule has 19 heavy (non-hydrogen) atoms. The topological polar surface area (TPSA) is 26.3 Å². The SMILES string of the molecule is CCOC(=O)C(Br)Cc1ccc(C)c(C(F)(F)F)c1. The van der Waals surface area contributed by atoms with Gasteiger partial charge < -0.3 is 4.74 Å². The van der Waals surface area contributed by atoms with E-state index in [4.69, 9.17) is 4.74 Å². The van der Waals surface area contributed by atoms with Crippen molar-refractivity contribution in [3.63, 3.8) is 0 Å². The lowest BCUT2D eigenvalue weighted by molar-refractivity contribution is -0.142. The monoisotopic (exact) mass is 338 g/mol. The molecule has 0 amide bonds. The molecule has 0 fully saturated rings. The summed E-state index contributed by atoms with van der Waals surface area (Å²) >= 11 is 3.12. The standard InChI is InChI=1S/C13H14BrF3O2/c1-3-19-12(18)11(14)7-9-5-4-8(2)10(6-9)13(15,16)17/h4-6,11H,3,7H2,1-2H3. The fourth-order valence-corrected chi connectivity index (χ4v) is 2.13. The largest absolute Gasteiger partial charge is 0.465 e. The van der Waals surface area contributed by atoms with Gasteiger partial charge in [0.05, 0.1) is 12.2 Å². The maximum Gasteiger partial charge on any atom is 0.416 e. The van der Waals surface area contributed by atoms with E-state index in [-0.39, 0.29) is 18.6 Å². The molecule has 1 rings (SSSR count). The van der Waals surface area contributed by atoms with Gasteiger partial charge in [0.15, 0.2) is 0 Å². The number of esters is 1. The Morgan fingerprint density at radius 1 is 1.42 bits per heavy atom. The lowest BCUT2D eigenvalue weighted by Gasteiger charge is -2.13. The number of halogens is 4. The summed E-state index contributed by atoms with van der Waals surface area (Å²) in [7, 11) is 0. The van der Waals surface area contributed by atoms with E-state index in [9.17, 15) is 18.0 Å². The van der Waals surface area contributed by atoms with Gasteiger partial charge in [0.1, 0.15) is 4.83 Å². The molecule has 0 saturated carbocycles. The molecule has 0 saturated heterocycles. The van der Waals surface area contributed by atoms with Crippen LogP contribution in [0.1, 0.15) is 23.6 Å². The molecule has 0 aliphatic heterocycles. The van der Waals surface area contributed by atoms with Crippen molar-refractivity contribution in [1.82, 2.24) is 0 Å². The van der Waals surface area contributed by atoms with E-state index in [1.54, 1.807) is 13.0 Å². The number of hydrogen-bond acceptors (Lipinski definition) is 2. The van der Waals surface area contributed by atoms with Gasteiger partial charge in [-0.1, -0.05) is 28.1 Å². The van der Waals surface area contributed by atoms with Crippen molar-refractivity contribution >= 4 is 21.9 Å². The van der Waals surface area contributed by atoms with Crippen LogP contribution in [0.4, 0.5) is 13.2 Å². The molecule has 1 aromatic rings. The van der Waals surface area contributed by atoms with Crippen LogP contribution in [-0.2, 0) is 22.1 Å². The van der Waals surface area contributed by atoms with Gasteiger partial charge in [-0.05, 0) is 37.5 Å². The minimum absolute atomic E-state index is 0.155.